The Labute approximate surface area is 249 Å². The van der Waals surface area contributed by atoms with Crippen molar-refractivity contribution in [2.24, 2.45) is 4.99 Å². The van der Waals surface area contributed by atoms with Crippen LogP contribution in [-0.4, -0.2) is 52.1 Å². The monoisotopic (exact) mass is 609 g/mol. The normalized spacial score (nSPS) is 13.9. The number of aryl methyl sites for hydroxylation is 1. The molecule has 44 heavy (non-hydrogen) atoms. The van der Waals surface area contributed by atoms with E-state index in [1.807, 2.05) is 19.1 Å². The Hall–Kier alpha value is -5.27. The number of amides is 3. The summed E-state index contributed by atoms with van der Waals surface area (Å²) in [4.78, 5) is 34.9. The van der Waals surface area contributed by atoms with Crippen molar-refractivity contribution >= 4 is 23.6 Å². The zero-order valence-electron chi connectivity index (χ0n) is 23.4. The van der Waals surface area contributed by atoms with Crippen molar-refractivity contribution < 1.29 is 31.9 Å². The van der Waals surface area contributed by atoms with E-state index in [0.717, 1.165) is 30.5 Å². The molecule has 4 aromatic rings. The van der Waals surface area contributed by atoms with Crippen LogP contribution in [0.4, 0.5) is 28.0 Å². The maximum Gasteiger partial charge on any atom is 0.573 e. The zero-order chi connectivity index (χ0) is 31.3. The summed E-state index contributed by atoms with van der Waals surface area (Å²) in [6.07, 6.45) is -3.30. The van der Waals surface area contributed by atoms with Gasteiger partial charge in [0.25, 0.3) is 5.91 Å². The average Bonchev–Trinajstić information content (AvgIpc) is 3.63. The number of urea groups is 1. The third-order valence-corrected chi connectivity index (χ3v) is 6.60. The topological polar surface area (TPSA) is 114 Å². The Bertz CT molecular complexity index is 1650. The molecule has 10 nitrogen and oxygen atoms in total. The van der Waals surface area contributed by atoms with Crippen molar-refractivity contribution in [3.8, 4) is 22.8 Å². The highest BCUT2D eigenvalue weighted by Gasteiger charge is 2.31. The van der Waals surface area contributed by atoms with Gasteiger partial charge in [-0.15, -0.1) is 18.3 Å². The Balaban J connectivity index is 1.16. The van der Waals surface area contributed by atoms with Crippen LogP contribution in [0.1, 0.15) is 30.6 Å². The van der Waals surface area contributed by atoms with Crippen LogP contribution in [0.5, 0.6) is 5.75 Å². The van der Waals surface area contributed by atoms with Gasteiger partial charge in [0.15, 0.2) is 5.82 Å². The summed E-state index contributed by atoms with van der Waals surface area (Å²) in [7, 11) is 0. The molecule has 0 spiro atoms. The number of nitrogens with zero attached hydrogens (tertiary/aromatic N) is 5. The highest BCUT2D eigenvalue weighted by atomic mass is 19.4. The molecule has 2 N–H and O–H groups in total. The minimum absolute atomic E-state index is 0.0772. The van der Waals surface area contributed by atoms with Gasteiger partial charge >= 0.3 is 12.4 Å². The molecule has 0 bridgehead atoms. The number of para-hydroxylation sites is 1. The van der Waals surface area contributed by atoms with E-state index in [0.29, 0.717) is 28.3 Å². The Morgan fingerprint density at radius 3 is 2.48 bits per heavy atom. The molecule has 14 heteroatoms. The Morgan fingerprint density at radius 2 is 1.77 bits per heavy atom. The van der Waals surface area contributed by atoms with E-state index in [2.05, 4.69) is 30.4 Å². The molecule has 0 saturated heterocycles. The molecule has 3 amide bonds. The van der Waals surface area contributed by atoms with Crippen molar-refractivity contribution in [3.63, 3.8) is 0 Å². The molecule has 1 unspecified atom stereocenters. The van der Waals surface area contributed by atoms with Crippen LogP contribution in [0.2, 0.25) is 0 Å². The first kappa shape index (κ1) is 30.2. The van der Waals surface area contributed by atoms with Gasteiger partial charge in [-0.3, -0.25) is 10.1 Å². The van der Waals surface area contributed by atoms with Crippen molar-refractivity contribution in [2.45, 2.75) is 32.3 Å². The van der Waals surface area contributed by atoms with Crippen molar-refractivity contribution in [1.29, 1.82) is 0 Å². The summed E-state index contributed by atoms with van der Waals surface area (Å²) in [5.74, 6) is -0.243. The lowest BCUT2D eigenvalue weighted by molar-refractivity contribution is -0.274. The highest BCUT2D eigenvalue weighted by molar-refractivity contribution is 6.23. The smallest absolute Gasteiger partial charge is 0.406 e. The molecule has 3 aromatic carbocycles. The number of aromatic nitrogens is 3. The van der Waals surface area contributed by atoms with E-state index < -0.39 is 18.6 Å². The van der Waals surface area contributed by atoms with E-state index in [9.17, 15) is 27.2 Å². The maximum atomic E-state index is 15.0. The summed E-state index contributed by atoms with van der Waals surface area (Å²) < 4.78 is 57.4. The van der Waals surface area contributed by atoms with Crippen LogP contribution in [-0.2, 0) is 11.2 Å². The van der Waals surface area contributed by atoms with Crippen LogP contribution in [0.3, 0.4) is 0 Å². The second kappa shape index (κ2) is 12.9. The van der Waals surface area contributed by atoms with Gasteiger partial charge in [-0.1, -0.05) is 55.8 Å². The summed E-state index contributed by atoms with van der Waals surface area (Å²) in [5.41, 5.74) is 2.94. The van der Waals surface area contributed by atoms with Gasteiger partial charge in [0.05, 0.1) is 17.9 Å². The molecule has 1 atom stereocenters. The van der Waals surface area contributed by atoms with Gasteiger partial charge in [-0.25, -0.2) is 28.7 Å². The number of ether oxygens (including phenoxy) is 1. The summed E-state index contributed by atoms with van der Waals surface area (Å²) in [6.45, 7) is 1.59. The number of rotatable bonds is 9. The second-order valence-corrected chi connectivity index (χ2v) is 9.73. The first-order valence-electron chi connectivity index (χ1n) is 13.6. The molecule has 1 aromatic heterocycles. The molecule has 0 radical (unpaired) electrons. The Kier molecular flexibility index (Phi) is 8.88. The first-order valence-corrected chi connectivity index (χ1v) is 13.6. The summed E-state index contributed by atoms with van der Waals surface area (Å²) in [5, 5.41) is 9.36. The lowest BCUT2D eigenvalue weighted by Gasteiger charge is -2.22. The molecular formula is C30H27F4N7O3. The molecule has 1 aliphatic rings. The van der Waals surface area contributed by atoms with Gasteiger partial charge in [-0.2, -0.15) is 0 Å². The number of hydrogen-bond acceptors (Lipinski definition) is 6. The number of halogens is 4. The highest BCUT2D eigenvalue weighted by Crippen LogP contribution is 2.26. The number of nitrogens with one attached hydrogen (secondary N) is 2. The third-order valence-electron chi connectivity index (χ3n) is 6.60. The van der Waals surface area contributed by atoms with Crippen LogP contribution in [0.15, 0.2) is 84.1 Å². The first-order chi connectivity index (χ1) is 21.1. The average molecular weight is 610 g/mol. The predicted octanol–water partition coefficient (Wildman–Crippen LogP) is 5.50. The van der Waals surface area contributed by atoms with E-state index in [1.165, 1.54) is 40.2 Å². The van der Waals surface area contributed by atoms with Gasteiger partial charge < -0.3 is 10.1 Å². The fourth-order valence-corrected chi connectivity index (χ4v) is 4.56. The summed E-state index contributed by atoms with van der Waals surface area (Å²) >= 11 is 0. The predicted molar refractivity (Wildman–Crippen MR) is 154 cm³/mol. The summed E-state index contributed by atoms with van der Waals surface area (Å²) in [6, 6.07) is 18.1. The molecule has 0 fully saturated rings. The fraction of sp³-hybridized carbons (Fsp3) is 0.233. The number of hydrogen-bond donors (Lipinski definition) is 2. The molecular weight excluding hydrogens is 582 g/mol. The van der Waals surface area contributed by atoms with Gasteiger partial charge in [0.1, 0.15) is 24.8 Å². The van der Waals surface area contributed by atoms with E-state index in [-0.39, 0.29) is 30.7 Å². The largest absolute Gasteiger partial charge is 0.573 e. The number of carbonyl (C=O) groups is 2. The molecule has 228 valence electrons. The van der Waals surface area contributed by atoms with E-state index in [1.54, 1.807) is 24.3 Å². The molecule has 1 aliphatic heterocycles. The number of alkyl halides is 4. The lowest BCUT2D eigenvalue weighted by atomic mass is 10.1. The zero-order valence-corrected chi connectivity index (χ0v) is 23.4. The molecule has 5 rings (SSSR count). The number of benzene rings is 3. The quantitative estimate of drug-likeness (QED) is 0.244. The minimum atomic E-state index is -4.79. The van der Waals surface area contributed by atoms with E-state index >= 15 is 0 Å². The Morgan fingerprint density at radius 1 is 1.05 bits per heavy atom. The standard InChI is InChI=1S/C30H27F4N7O3/c1-2-5-20-6-3-4-7-25(20)41-26(42)17-35-28(41)38-29(43)36-16-24(31)19-8-10-21(11-9-19)27-37-18-40(39-27)22-12-14-23(15-13-22)44-30(32,33)34/h3-4,6-15,18,24H,2,5,16-17H2,1H3,(H2,35,36,38,43). The van der Waals surface area contributed by atoms with Crippen molar-refractivity contribution in [3.05, 3.63) is 90.3 Å². The number of anilines is 1. The van der Waals surface area contributed by atoms with E-state index in [4.69, 9.17) is 0 Å². The number of carbonyl (C=O) groups excluding carboxylic acids is 2. The fourth-order valence-electron chi connectivity index (χ4n) is 4.56. The van der Waals surface area contributed by atoms with Crippen molar-refractivity contribution in [2.75, 3.05) is 18.0 Å². The number of guanidine groups is 1. The lowest BCUT2D eigenvalue weighted by Crippen LogP contribution is -2.48. The van der Waals surface area contributed by atoms with Crippen LogP contribution < -0.4 is 20.3 Å². The van der Waals surface area contributed by atoms with Crippen LogP contribution in [0, 0.1) is 0 Å². The minimum Gasteiger partial charge on any atom is -0.406 e. The number of aliphatic imine (C=N–C) groups is 1. The van der Waals surface area contributed by atoms with Crippen molar-refractivity contribution in [1.82, 2.24) is 25.4 Å². The van der Waals surface area contributed by atoms with Gasteiger partial charge in [-0.05, 0) is 47.9 Å². The maximum absolute atomic E-state index is 15.0. The van der Waals surface area contributed by atoms with Crippen LogP contribution >= 0.6 is 0 Å². The molecule has 0 aliphatic carbocycles. The third kappa shape index (κ3) is 7.19. The SMILES string of the molecule is CCCc1ccccc1N1C(=O)CN=C1NC(=O)NCC(F)c1ccc(-c2ncn(-c3ccc(OC(F)(F)F)cc3)n2)cc1. The van der Waals surface area contributed by atoms with Gasteiger partial charge in [0.2, 0.25) is 5.96 Å². The molecule has 2 heterocycles. The second-order valence-electron chi connectivity index (χ2n) is 9.73. The molecule has 0 saturated carbocycles. The van der Waals surface area contributed by atoms with Crippen LogP contribution in [0.25, 0.3) is 17.1 Å². The van der Waals surface area contributed by atoms with Gasteiger partial charge in [0, 0.05) is 5.56 Å².